The summed E-state index contributed by atoms with van der Waals surface area (Å²) in [5.41, 5.74) is 2.71. The van der Waals surface area contributed by atoms with Gasteiger partial charge in [0.05, 0.1) is 13.7 Å². The van der Waals surface area contributed by atoms with Gasteiger partial charge in [-0.1, -0.05) is 6.07 Å². The van der Waals surface area contributed by atoms with Crippen LogP contribution in [0.25, 0.3) is 0 Å². The highest BCUT2D eigenvalue weighted by molar-refractivity contribution is 5.40. The van der Waals surface area contributed by atoms with E-state index in [1.54, 1.807) is 7.11 Å². The van der Waals surface area contributed by atoms with Crippen molar-refractivity contribution in [1.82, 2.24) is 5.32 Å². The second kappa shape index (κ2) is 4.85. The van der Waals surface area contributed by atoms with E-state index in [0.29, 0.717) is 6.04 Å². The molecule has 1 aliphatic carbocycles. The van der Waals surface area contributed by atoms with Crippen molar-refractivity contribution in [3.63, 3.8) is 0 Å². The van der Waals surface area contributed by atoms with Gasteiger partial charge >= 0.3 is 0 Å². The van der Waals surface area contributed by atoms with E-state index in [-0.39, 0.29) is 12.6 Å². The lowest BCUT2D eigenvalue weighted by atomic mass is 10.1. The van der Waals surface area contributed by atoms with Crippen LogP contribution >= 0.6 is 0 Å². The summed E-state index contributed by atoms with van der Waals surface area (Å²) >= 11 is 0. The van der Waals surface area contributed by atoms with E-state index >= 15 is 0 Å². The molecule has 0 fully saturated rings. The molecule has 3 nitrogen and oxygen atoms in total. The lowest BCUT2D eigenvalue weighted by Gasteiger charge is -2.18. The average molecular weight is 221 g/mol. The zero-order chi connectivity index (χ0) is 11.5. The number of rotatable bonds is 4. The summed E-state index contributed by atoms with van der Waals surface area (Å²) in [5.74, 6) is 0.907. The van der Waals surface area contributed by atoms with Gasteiger partial charge in [0.15, 0.2) is 0 Å². The molecule has 0 heterocycles. The quantitative estimate of drug-likeness (QED) is 0.812. The molecule has 16 heavy (non-hydrogen) atoms. The maximum atomic E-state index is 9.06. The van der Waals surface area contributed by atoms with E-state index in [9.17, 15) is 0 Å². The number of aryl methyl sites for hydroxylation is 1. The Morgan fingerprint density at radius 3 is 3.06 bits per heavy atom. The summed E-state index contributed by atoms with van der Waals surface area (Å²) in [7, 11) is 1.69. The van der Waals surface area contributed by atoms with Crippen molar-refractivity contribution in [3.05, 3.63) is 29.3 Å². The molecule has 88 valence electrons. The van der Waals surface area contributed by atoms with Crippen molar-refractivity contribution >= 4 is 0 Å². The largest absolute Gasteiger partial charge is 0.497 e. The highest BCUT2D eigenvalue weighted by Gasteiger charge is 2.23. The van der Waals surface area contributed by atoms with E-state index in [4.69, 9.17) is 9.84 Å². The molecule has 0 spiro atoms. The molecule has 0 aromatic heterocycles. The molecule has 0 aliphatic heterocycles. The minimum atomic E-state index is 0.141. The third kappa shape index (κ3) is 2.20. The SMILES string of the molecule is COc1ccc2c(c1)C(NC(C)CO)CC2. The van der Waals surface area contributed by atoms with E-state index in [1.807, 2.05) is 13.0 Å². The van der Waals surface area contributed by atoms with Gasteiger partial charge in [0.25, 0.3) is 0 Å². The van der Waals surface area contributed by atoms with Crippen LogP contribution in [0.2, 0.25) is 0 Å². The Kier molecular flexibility index (Phi) is 3.46. The summed E-state index contributed by atoms with van der Waals surface area (Å²) < 4.78 is 5.24. The van der Waals surface area contributed by atoms with Crippen molar-refractivity contribution in [3.8, 4) is 5.75 Å². The summed E-state index contributed by atoms with van der Waals surface area (Å²) in [5, 5.41) is 12.5. The number of benzene rings is 1. The van der Waals surface area contributed by atoms with Crippen LogP contribution in [-0.4, -0.2) is 24.9 Å². The molecule has 0 bridgehead atoms. The normalized spacial score (nSPS) is 20.6. The molecular weight excluding hydrogens is 202 g/mol. The van der Waals surface area contributed by atoms with Gasteiger partial charge in [-0.15, -0.1) is 0 Å². The number of methoxy groups -OCH3 is 1. The smallest absolute Gasteiger partial charge is 0.119 e. The zero-order valence-electron chi connectivity index (χ0n) is 9.86. The predicted molar refractivity (Wildman–Crippen MR) is 63.7 cm³/mol. The third-order valence-electron chi connectivity index (χ3n) is 3.19. The fourth-order valence-electron chi connectivity index (χ4n) is 2.28. The van der Waals surface area contributed by atoms with Crippen LogP contribution in [0.1, 0.15) is 30.5 Å². The van der Waals surface area contributed by atoms with Crippen LogP contribution in [0.5, 0.6) is 5.75 Å². The molecule has 1 aromatic rings. The fraction of sp³-hybridized carbons (Fsp3) is 0.538. The standard InChI is InChI=1S/C13H19NO2/c1-9(8-15)14-13-6-4-10-3-5-11(16-2)7-12(10)13/h3,5,7,9,13-15H,4,6,8H2,1-2H3. The lowest BCUT2D eigenvalue weighted by Crippen LogP contribution is -2.32. The first-order valence-electron chi connectivity index (χ1n) is 5.78. The highest BCUT2D eigenvalue weighted by atomic mass is 16.5. The summed E-state index contributed by atoms with van der Waals surface area (Å²) in [6, 6.07) is 6.75. The zero-order valence-corrected chi connectivity index (χ0v) is 9.86. The van der Waals surface area contributed by atoms with E-state index < -0.39 is 0 Å². The van der Waals surface area contributed by atoms with E-state index in [2.05, 4.69) is 17.4 Å². The summed E-state index contributed by atoms with van der Waals surface area (Å²) in [4.78, 5) is 0. The Hall–Kier alpha value is -1.06. The van der Waals surface area contributed by atoms with Crippen LogP contribution in [0.3, 0.4) is 0 Å². The number of fused-ring (bicyclic) bond motifs is 1. The van der Waals surface area contributed by atoms with Gasteiger partial charge in [0.1, 0.15) is 5.75 Å². The molecule has 0 saturated carbocycles. The molecule has 1 aromatic carbocycles. The van der Waals surface area contributed by atoms with Crippen molar-refractivity contribution in [2.75, 3.05) is 13.7 Å². The summed E-state index contributed by atoms with van der Waals surface area (Å²) in [6.45, 7) is 2.17. The number of aliphatic hydroxyl groups excluding tert-OH is 1. The van der Waals surface area contributed by atoms with Crippen molar-refractivity contribution in [2.45, 2.75) is 31.8 Å². The highest BCUT2D eigenvalue weighted by Crippen LogP contribution is 2.33. The van der Waals surface area contributed by atoms with Crippen LogP contribution in [-0.2, 0) is 6.42 Å². The maximum Gasteiger partial charge on any atom is 0.119 e. The first-order chi connectivity index (χ1) is 7.74. The molecule has 1 aliphatic rings. The molecule has 2 atom stereocenters. The molecule has 2 unspecified atom stereocenters. The van der Waals surface area contributed by atoms with Crippen molar-refractivity contribution in [1.29, 1.82) is 0 Å². The molecule has 0 amide bonds. The maximum absolute atomic E-state index is 9.06. The predicted octanol–water partition coefficient (Wildman–Crippen LogP) is 1.65. The van der Waals surface area contributed by atoms with E-state index in [0.717, 1.165) is 18.6 Å². The van der Waals surface area contributed by atoms with Gasteiger partial charge in [-0.25, -0.2) is 0 Å². The van der Waals surface area contributed by atoms with Gasteiger partial charge in [-0.05, 0) is 43.0 Å². The second-order valence-electron chi connectivity index (χ2n) is 4.41. The van der Waals surface area contributed by atoms with Crippen LogP contribution < -0.4 is 10.1 Å². The van der Waals surface area contributed by atoms with Crippen LogP contribution in [0.15, 0.2) is 18.2 Å². The van der Waals surface area contributed by atoms with Crippen LogP contribution in [0.4, 0.5) is 0 Å². The topological polar surface area (TPSA) is 41.5 Å². The lowest BCUT2D eigenvalue weighted by molar-refractivity contribution is 0.240. The number of hydrogen-bond acceptors (Lipinski definition) is 3. The average Bonchev–Trinajstić information content (AvgIpc) is 2.71. The van der Waals surface area contributed by atoms with Crippen molar-refractivity contribution in [2.24, 2.45) is 0 Å². The molecule has 2 rings (SSSR count). The third-order valence-corrected chi connectivity index (χ3v) is 3.19. The minimum absolute atomic E-state index is 0.141. The van der Waals surface area contributed by atoms with Gasteiger partial charge in [0, 0.05) is 12.1 Å². The molecule has 2 N–H and O–H groups in total. The first kappa shape index (κ1) is 11.4. The molecule has 0 saturated heterocycles. The number of hydrogen-bond donors (Lipinski definition) is 2. The monoisotopic (exact) mass is 221 g/mol. The first-order valence-corrected chi connectivity index (χ1v) is 5.78. The second-order valence-corrected chi connectivity index (χ2v) is 4.41. The van der Waals surface area contributed by atoms with Crippen LogP contribution in [0, 0.1) is 0 Å². The van der Waals surface area contributed by atoms with Gasteiger partial charge in [0.2, 0.25) is 0 Å². The molecule has 0 radical (unpaired) electrons. The minimum Gasteiger partial charge on any atom is -0.497 e. The van der Waals surface area contributed by atoms with Gasteiger partial charge in [-0.2, -0.15) is 0 Å². The number of ether oxygens (including phenoxy) is 1. The fourth-order valence-corrected chi connectivity index (χ4v) is 2.28. The number of nitrogens with one attached hydrogen (secondary N) is 1. The van der Waals surface area contributed by atoms with Gasteiger partial charge in [-0.3, -0.25) is 0 Å². The van der Waals surface area contributed by atoms with Gasteiger partial charge < -0.3 is 15.2 Å². The molecular formula is C13H19NO2. The Morgan fingerprint density at radius 2 is 2.38 bits per heavy atom. The van der Waals surface area contributed by atoms with Crippen molar-refractivity contribution < 1.29 is 9.84 Å². The Morgan fingerprint density at radius 1 is 1.56 bits per heavy atom. The Labute approximate surface area is 96.4 Å². The number of aliphatic hydroxyl groups is 1. The Bertz CT molecular complexity index is 365. The Balaban J connectivity index is 2.17. The van der Waals surface area contributed by atoms with E-state index in [1.165, 1.54) is 11.1 Å². The molecule has 3 heteroatoms. The summed E-state index contributed by atoms with van der Waals surface area (Å²) in [6.07, 6.45) is 2.21.